The Kier molecular flexibility index (Phi) is 6.22. The maximum Gasteiger partial charge on any atom is 0.00880 e. The van der Waals surface area contributed by atoms with Gasteiger partial charge in [0.2, 0.25) is 0 Å². The van der Waals surface area contributed by atoms with Gasteiger partial charge in [-0.1, -0.05) is 63.4 Å². The molecule has 0 saturated heterocycles. The van der Waals surface area contributed by atoms with Gasteiger partial charge in [-0.15, -0.1) is 0 Å². The molecule has 0 radical (unpaired) electrons. The highest BCUT2D eigenvalue weighted by molar-refractivity contribution is 9.09. The van der Waals surface area contributed by atoms with E-state index in [0.717, 1.165) is 11.8 Å². The molecular weight excluding hydrogens is 284 g/mol. The molecule has 0 heterocycles. The van der Waals surface area contributed by atoms with Crippen molar-refractivity contribution >= 4 is 15.9 Å². The Morgan fingerprint density at radius 2 is 1.61 bits per heavy atom. The zero-order chi connectivity index (χ0) is 13.8. The van der Waals surface area contributed by atoms with Crippen molar-refractivity contribution in [3.05, 3.63) is 0 Å². The van der Waals surface area contributed by atoms with Gasteiger partial charge in [0.1, 0.15) is 0 Å². The summed E-state index contributed by atoms with van der Waals surface area (Å²) < 4.78 is 0. The fourth-order valence-electron chi connectivity index (χ4n) is 3.68. The molecule has 0 aromatic heterocycles. The number of halogens is 1. The second kappa shape index (κ2) is 6.77. The van der Waals surface area contributed by atoms with E-state index in [2.05, 4.69) is 50.5 Å². The number of rotatable bonds is 5. The molecule has 0 N–H and O–H groups in total. The zero-order valence-corrected chi connectivity index (χ0v) is 14.8. The van der Waals surface area contributed by atoms with Crippen molar-refractivity contribution in [3.8, 4) is 0 Å². The molecule has 0 amide bonds. The molecule has 1 fully saturated rings. The number of hydrogen-bond donors (Lipinski definition) is 0. The van der Waals surface area contributed by atoms with Crippen LogP contribution in [0.1, 0.15) is 79.6 Å². The Morgan fingerprint density at radius 3 is 1.94 bits per heavy atom. The number of alkyl halides is 1. The predicted molar refractivity (Wildman–Crippen MR) is 86.3 cm³/mol. The van der Waals surface area contributed by atoms with Crippen LogP contribution in [0.4, 0.5) is 0 Å². The molecule has 0 aliphatic heterocycles. The average Bonchev–Trinajstić information content (AvgIpc) is 2.35. The maximum absolute atomic E-state index is 3.83. The van der Waals surface area contributed by atoms with Crippen molar-refractivity contribution in [1.29, 1.82) is 0 Å². The third-order valence-electron chi connectivity index (χ3n) is 5.43. The Balaban J connectivity index is 2.60. The molecule has 108 valence electrons. The van der Waals surface area contributed by atoms with E-state index in [1.54, 1.807) is 0 Å². The fraction of sp³-hybridized carbons (Fsp3) is 1.00. The first-order chi connectivity index (χ1) is 8.37. The van der Waals surface area contributed by atoms with Crippen LogP contribution in [0.5, 0.6) is 0 Å². The van der Waals surface area contributed by atoms with Gasteiger partial charge in [0.05, 0.1) is 0 Å². The highest BCUT2D eigenvalue weighted by atomic mass is 79.9. The van der Waals surface area contributed by atoms with Crippen LogP contribution in [0.2, 0.25) is 0 Å². The molecule has 0 spiro atoms. The zero-order valence-electron chi connectivity index (χ0n) is 13.2. The van der Waals surface area contributed by atoms with Gasteiger partial charge in [-0.3, -0.25) is 0 Å². The maximum atomic E-state index is 3.83. The van der Waals surface area contributed by atoms with E-state index in [1.165, 1.54) is 50.3 Å². The minimum atomic E-state index is 0.507. The summed E-state index contributed by atoms with van der Waals surface area (Å²) >= 11 is 3.83. The topological polar surface area (TPSA) is 0 Å². The second-order valence-electron chi connectivity index (χ2n) is 7.66. The average molecular weight is 317 g/mol. The molecule has 1 aliphatic carbocycles. The van der Waals surface area contributed by atoms with Gasteiger partial charge in [-0.05, 0) is 54.8 Å². The molecule has 1 heteroatoms. The summed E-state index contributed by atoms with van der Waals surface area (Å²) in [4.78, 5) is 0. The van der Waals surface area contributed by atoms with E-state index in [9.17, 15) is 0 Å². The molecule has 1 saturated carbocycles. The highest BCUT2D eigenvalue weighted by Gasteiger charge is 2.38. The third-order valence-corrected chi connectivity index (χ3v) is 6.62. The van der Waals surface area contributed by atoms with Gasteiger partial charge in [-0.25, -0.2) is 0 Å². The first-order valence-corrected chi connectivity index (χ1v) is 9.05. The van der Waals surface area contributed by atoms with Gasteiger partial charge >= 0.3 is 0 Å². The molecule has 1 aliphatic rings. The van der Waals surface area contributed by atoms with Gasteiger partial charge in [0.25, 0.3) is 0 Å². The summed E-state index contributed by atoms with van der Waals surface area (Å²) in [6.07, 6.45) is 9.92. The van der Waals surface area contributed by atoms with E-state index in [1.807, 2.05) is 0 Å². The molecule has 0 bridgehead atoms. The van der Waals surface area contributed by atoms with Crippen LogP contribution in [0.25, 0.3) is 0 Å². The minimum Gasteiger partial charge on any atom is -0.0922 e. The van der Waals surface area contributed by atoms with Gasteiger partial charge in [-0.2, -0.15) is 0 Å². The molecule has 0 unspecified atom stereocenters. The summed E-state index contributed by atoms with van der Waals surface area (Å²) in [5.74, 6) is 1.88. The summed E-state index contributed by atoms with van der Waals surface area (Å²) in [5, 5.41) is 1.22. The van der Waals surface area contributed by atoms with Gasteiger partial charge < -0.3 is 0 Å². The Morgan fingerprint density at radius 1 is 1.11 bits per heavy atom. The molecule has 0 atom stereocenters. The van der Waals surface area contributed by atoms with E-state index in [-0.39, 0.29) is 0 Å². The monoisotopic (exact) mass is 316 g/mol. The first-order valence-electron chi connectivity index (χ1n) is 7.93. The summed E-state index contributed by atoms with van der Waals surface area (Å²) in [6, 6.07) is 0. The van der Waals surface area contributed by atoms with Crippen LogP contribution in [-0.4, -0.2) is 5.33 Å². The van der Waals surface area contributed by atoms with Crippen LogP contribution >= 0.6 is 15.9 Å². The molecule has 0 nitrogen and oxygen atoms in total. The van der Waals surface area contributed by atoms with Crippen molar-refractivity contribution in [2.45, 2.75) is 79.6 Å². The molecule has 1 rings (SSSR count). The molecular formula is C17H33Br. The standard InChI is InChI=1S/C17H33Br/c1-6-14(7-2)12-17(13-18)10-8-15(9-11-17)16(3,4)5/h14-15H,6-13H2,1-5H3. The van der Waals surface area contributed by atoms with E-state index < -0.39 is 0 Å². The fourth-order valence-corrected chi connectivity index (χ4v) is 4.47. The first kappa shape index (κ1) is 16.5. The Hall–Kier alpha value is 0.480. The van der Waals surface area contributed by atoms with Crippen LogP contribution in [-0.2, 0) is 0 Å². The summed E-state index contributed by atoms with van der Waals surface area (Å²) in [5.41, 5.74) is 1.12. The van der Waals surface area contributed by atoms with E-state index in [4.69, 9.17) is 0 Å². The third kappa shape index (κ3) is 4.25. The Labute approximate surface area is 123 Å². The quantitative estimate of drug-likeness (QED) is 0.512. The van der Waals surface area contributed by atoms with Crippen LogP contribution < -0.4 is 0 Å². The summed E-state index contributed by atoms with van der Waals surface area (Å²) in [6.45, 7) is 12.0. The van der Waals surface area contributed by atoms with Crippen LogP contribution in [0.3, 0.4) is 0 Å². The SMILES string of the molecule is CCC(CC)CC1(CBr)CCC(C(C)(C)C)CC1. The van der Waals surface area contributed by atoms with Crippen LogP contribution in [0.15, 0.2) is 0 Å². The lowest BCUT2D eigenvalue weighted by Crippen LogP contribution is -2.35. The van der Waals surface area contributed by atoms with Gasteiger partial charge in [0, 0.05) is 5.33 Å². The van der Waals surface area contributed by atoms with E-state index in [0.29, 0.717) is 10.8 Å². The van der Waals surface area contributed by atoms with Crippen LogP contribution in [0, 0.1) is 22.7 Å². The lowest BCUT2D eigenvalue weighted by Gasteiger charge is -2.44. The predicted octanol–water partition coefficient (Wildman–Crippen LogP) is 6.43. The smallest absolute Gasteiger partial charge is 0.00880 e. The van der Waals surface area contributed by atoms with Crippen molar-refractivity contribution in [2.75, 3.05) is 5.33 Å². The lowest BCUT2D eigenvalue weighted by molar-refractivity contribution is 0.0832. The molecule has 0 aromatic carbocycles. The second-order valence-corrected chi connectivity index (χ2v) is 8.22. The van der Waals surface area contributed by atoms with Crippen molar-refractivity contribution < 1.29 is 0 Å². The molecule has 18 heavy (non-hydrogen) atoms. The van der Waals surface area contributed by atoms with Gasteiger partial charge in [0.15, 0.2) is 0 Å². The Bertz CT molecular complexity index is 226. The van der Waals surface area contributed by atoms with Crippen molar-refractivity contribution in [3.63, 3.8) is 0 Å². The van der Waals surface area contributed by atoms with Crippen molar-refractivity contribution in [2.24, 2.45) is 22.7 Å². The molecule has 0 aromatic rings. The highest BCUT2D eigenvalue weighted by Crippen LogP contribution is 2.49. The summed E-state index contributed by atoms with van der Waals surface area (Å²) in [7, 11) is 0. The minimum absolute atomic E-state index is 0.507. The van der Waals surface area contributed by atoms with E-state index >= 15 is 0 Å². The number of hydrogen-bond acceptors (Lipinski definition) is 0. The normalized spacial score (nSPS) is 29.8. The van der Waals surface area contributed by atoms with Crippen molar-refractivity contribution in [1.82, 2.24) is 0 Å². The largest absolute Gasteiger partial charge is 0.0922 e. The lowest BCUT2D eigenvalue weighted by atomic mass is 9.62.